The number of fused-ring (bicyclic) bond motifs is 6. The van der Waals surface area contributed by atoms with E-state index in [0.29, 0.717) is 16.9 Å². The van der Waals surface area contributed by atoms with Crippen molar-refractivity contribution in [2.75, 3.05) is 4.90 Å². The Balaban J connectivity index is 1.23. The summed E-state index contributed by atoms with van der Waals surface area (Å²) in [6, 6.07) is 58.0. The van der Waals surface area contributed by atoms with Gasteiger partial charge in [0.05, 0.1) is 11.2 Å². The lowest BCUT2D eigenvalue weighted by Gasteiger charge is -2.28. The highest BCUT2D eigenvalue weighted by Crippen LogP contribution is 2.46. The smallest absolute Gasteiger partial charge is 0.143 e. The maximum atomic E-state index is 9.55. The Hall–Kier alpha value is -6.90. The molecule has 0 unspecified atom stereocenters. The van der Waals surface area contributed by atoms with Gasteiger partial charge in [-0.3, -0.25) is 0 Å². The molecule has 244 valence electrons. The van der Waals surface area contributed by atoms with Gasteiger partial charge in [-0.05, 0) is 86.4 Å². The minimum absolute atomic E-state index is 0.101. The Labute approximate surface area is 308 Å². The molecule has 0 aliphatic heterocycles. The van der Waals surface area contributed by atoms with E-state index < -0.39 is 0 Å². The average molecular weight is 668 g/mol. The quantitative estimate of drug-likeness (QED) is 0.175. The lowest BCUT2D eigenvalue weighted by atomic mass is 9.94. The fraction of sp³-hybridized carbons (Fsp3) is 0. The Bertz CT molecular complexity index is 3100. The molecule has 2 heteroatoms. The van der Waals surface area contributed by atoms with Crippen LogP contribution in [0.25, 0.3) is 76.9 Å². The van der Waals surface area contributed by atoms with E-state index in [2.05, 4.69) is 78.9 Å². The zero-order chi connectivity index (χ0) is 37.9. The molecular weight excluding hydrogens is 631 g/mol. The highest BCUT2D eigenvalue weighted by molar-refractivity contribution is 6.19. The highest BCUT2D eigenvalue weighted by atomic mass is 16.3. The van der Waals surface area contributed by atoms with Crippen molar-refractivity contribution in [1.82, 2.24) is 0 Å². The number of rotatable bonds is 6. The molecule has 0 radical (unpaired) electrons. The van der Waals surface area contributed by atoms with Gasteiger partial charge in [0.2, 0.25) is 0 Å². The van der Waals surface area contributed by atoms with Crippen LogP contribution in [0.4, 0.5) is 17.1 Å². The largest absolute Gasteiger partial charge is 0.455 e. The van der Waals surface area contributed by atoms with Crippen molar-refractivity contribution < 1.29 is 9.90 Å². The third-order valence-electron chi connectivity index (χ3n) is 9.95. The fourth-order valence-corrected chi connectivity index (χ4v) is 7.50. The van der Waals surface area contributed by atoms with Crippen LogP contribution in [0.15, 0.2) is 205 Å². The fourth-order valence-electron chi connectivity index (χ4n) is 7.50. The number of nitrogens with zero attached hydrogens (tertiary/aromatic N) is 1. The summed E-state index contributed by atoms with van der Waals surface area (Å²) in [4.78, 5) is 1.88. The number of hydrogen-bond acceptors (Lipinski definition) is 2. The molecule has 10 rings (SSSR count). The summed E-state index contributed by atoms with van der Waals surface area (Å²) in [7, 11) is 0. The summed E-state index contributed by atoms with van der Waals surface area (Å²) in [6.07, 6.45) is 0. The first kappa shape index (κ1) is 26.0. The van der Waals surface area contributed by atoms with Crippen molar-refractivity contribution in [3.8, 4) is 33.4 Å². The molecule has 0 aliphatic carbocycles. The molecule has 0 saturated heterocycles. The van der Waals surface area contributed by atoms with Crippen molar-refractivity contribution in [2.24, 2.45) is 0 Å². The van der Waals surface area contributed by atoms with Gasteiger partial charge in [0.25, 0.3) is 0 Å². The van der Waals surface area contributed by atoms with E-state index in [9.17, 15) is 5.48 Å². The molecule has 0 bridgehead atoms. The molecule has 0 saturated carbocycles. The molecule has 0 aliphatic rings. The molecule has 9 aromatic carbocycles. The summed E-state index contributed by atoms with van der Waals surface area (Å²) in [6.45, 7) is 0. The molecule has 52 heavy (non-hydrogen) atoms. The first-order valence-corrected chi connectivity index (χ1v) is 17.4. The number of benzene rings is 9. The van der Waals surface area contributed by atoms with Crippen molar-refractivity contribution in [1.29, 1.82) is 0 Å². The normalized spacial score (nSPS) is 12.5. The summed E-state index contributed by atoms with van der Waals surface area (Å²) in [5, 5.41) is 6.34. The molecule has 1 aromatic heterocycles. The van der Waals surface area contributed by atoms with Gasteiger partial charge in [0.15, 0.2) is 0 Å². The standard InChI is InChI=1S/C50H33NO/c1-2-12-34(13-3-1)35-24-29-39(30-25-35)51(40-31-26-37(27-32-40)42-20-10-15-36-14-4-5-17-41(36)42)47-22-8-6-18-43(47)45-21-11-16-38-28-33-46-44-19-7-9-23-48(44)52-50(46)49(38)45/h1-33H/i24D,25D,29D,30D. The maximum Gasteiger partial charge on any atom is 0.143 e. The van der Waals surface area contributed by atoms with E-state index in [1.165, 1.54) is 0 Å². The lowest BCUT2D eigenvalue weighted by molar-refractivity contribution is 0.673. The Kier molecular flexibility index (Phi) is 6.22. The van der Waals surface area contributed by atoms with Gasteiger partial charge in [-0.25, -0.2) is 0 Å². The lowest BCUT2D eigenvalue weighted by Crippen LogP contribution is -2.11. The highest BCUT2D eigenvalue weighted by Gasteiger charge is 2.21. The van der Waals surface area contributed by atoms with Gasteiger partial charge >= 0.3 is 0 Å². The number of anilines is 3. The van der Waals surface area contributed by atoms with Gasteiger partial charge < -0.3 is 9.32 Å². The first-order chi connectivity index (χ1) is 27.5. The third kappa shape index (κ3) is 5.04. The molecule has 2 nitrogen and oxygen atoms in total. The van der Waals surface area contributed by atoms with E-state index in [0.717, 1.165) is 65.7 Å². The van der Waals surface area contributed by atoms with Crippen LogP contribution in [-0.4, -0.2) is 0 Å². The van der Waals surface area contributed by atoms with Crippen LogP contribution in [-0.2, 0) is 0 Å². The Morgan fingerprint density at radius 2 is 1.04 bits per heavy atom. The minimum Gasteiger partial charge on any atom is -0.455 e. The third-order valence-corrected chi connectivity index (χ3v) is 9.95. The van der Waals surface area contributed by atoms with Crippen molar-refractivity contribution in [3.63, 3.8) is 0 Å². The summed E-state index contributed by atoms with van der Waals surface area (Å²) < 4.78 is 44.3. The van der Waals surface area contributed by atoms with Gasteiger partial charge in [0, 0.05) is 33.1 Å². The number of hydrogen-bond donors (Lipinski definition) is 0. The van der Waals surface area contributed by atoms with Crippen LogP contribution in [0.1, 0.15) is 5.48 Å². The van der Waals surface area contributed by atoms with Crippen molar-refractivity contribution in [3.05, 3.63) is 200 Å². The second-order valence-corrected chi connectivity index (χ2v) is 13.0. The molecule has 0 fully saturated rings. The monoisotopic (exact) mass is 667 g/mol. The van der Waals surface area contributed by atoms with Gasteiger partial charge in [0.1, 0.15) is 11.2 Å². The molecular formula is C50H33NO. The SMILES string of the molecule is [2H]c1c([2H])c(N(c2ccc(-c3cccc4ccccc34)cc2)c2ccccc2-c2cccc3ccc4c5ccccc5oc4c23)c([2H])c([2H])c1-c1ccccc1. The van der Waals surface area contributed by atoms with Gasteiger partial charge in [-0.1, -0.05) is 158 Å². The zero-order valence-corrected chi connectivity index (χ0v) is 28.1. The van der Waals surface area contributed by atoms with Crippen LogP contribution in [0, 0.1) is 0 Å². The average Bonchev–Trinajstić information content (AvgIpc) is 3.64. The Morgan fingerprint density at radius 1 is 0.385 bits per heavy atom. The summed E-state index contributed by atoms with van der Waals surface area (Å²) >= 11 is 0. The molecule has 0 spiro atoms. The molecule has 1 heterocycles. The van der Waals surface area contributed by atoms with Gasteiger partial charge in [-0.15, -0.1) is 0 Å². The van der Waals surface area contributed by atoms with E-state index in [4.69, 9.17) is 4.42 Å². The van der Waals surface area contributed by atoms with Gasteiger partial charge in [-0.2, -0.15) is 0 Å². The second-order valence-electron chi connectivity index (χ2n) is 13.0. The second kappa shape index (κ2) is 12.5. The van der Waals surface area contributed by atoms with Crippen LogP contribution >= 0.6 is 0 Å². The van der Waals surface area contributed by atoms with Crippen LogP contribution in [0.5, 0.6) is 0 Å². The summed E-state index contributed by atoms with van der Waals surface area (Å²) in [5.74, 6) is 0. The Morgan fingerprint density at radius 3 is 1.88 bits per heavy atom. The zero-order valence-electron chi connectivity index (χ0n) is 32.1. The van der Waals surface area contributed by atoms with E-state index >= 15 is 0 Å². The van der Waals surface area contributed by atoms with E-state index in [-0.39, 0.29) is 35.4 Å². The molecule has 0 atom stereocenters. The van der Waals surface area contributed by atoms with Crippen molar-refractivity contribution in [2.45, 2.75) is 0 Å². The topological polar surface area (TPSA) is 16.4 Å². The summed E-state index contributed by atoms with van der Waals surface area (Å²) in [5.41, 5.74) is 7.98. The molecule has 0 amide bonds. The number of furan rings is 1. The van der Waals surface area contributed by atoms with Crippen LogP contribution in [0.2, 0.25) is 0 Å². The molecule has 0 N–H and O–H groups in total. The maximum absolute atomic E-state index is 9.55. The van der Waals surface area contributed by atoms with E-state index in [1.54, 1.807) is 0 Å². The van der Waals surface area contributed by atoms with Crippen LogP contribution in [0.3, 0.4) is 0 Å². The van der Waals surface area contributed by atoms with E-state index in [1.807, 2.05) is 102 Å². The predicted molar refractivity (Wildman–Crippen MR) is 220 cm³/mol. The molecule has 10 aromatic rings. The number of para-hydroxylation sites is 2. The predicted octanol–water partition coefficient (Wildman–Crippen LogP) is 14.4. The first-order valence-electron chi connectivity index (χ1n) is 19.4. The minimum atomic E-state index is -0.129. The van der Waals surface area contributed by atoms with Crippen molar-refractivity contribution >= 4 is 60.5 Å². The van der Waals surface area contributed by atoms with Crippen LogP contribution < -0.4 is 4.90 Å².